The van der Waals surface area contributed by atoms with Gasteiger partial charge in [-0.05, 0) is 12.1 Å². The highest BCUT2D eigenvalue weighted by atomic mass is 32.2. The molecule has 0 bridgehead atoms. The molecule has 3 rings (SSSR count). The van der Waals surface area contributed by atoms with Crippen molar-refractivity contribution in [2.75, 3.05) is 24.3 Å². The van der Waals surface area contributed by atoms with Gasteiger partial charge in [0.05, 0.1) is 0 Å². The number of rotatable bonds is 6. The van der Waals surface area contributed by atoms with Crippen LogP contribution < -0.4 is 5.32 Å². The summed E-state index contributed by atoms with van der Waals surface area (Å²) in [7, 11) is 0. The van der Waals surface area contributed by atoms with Crippen LogP contribution in [-0.4, -0.2) is 35.1 Å². The molecule has 0 radical (unpaired) electrons. The van der Waals surface area contributed by atoms with Gasteiger partial charge in [0.1, 0.15) is 19.5 Å². The fourth-order valence-corrected chi connectivity index (χ4v) is 2.69. The van der Waals surface area contributed by atoms with Crippen molar-refractivity contribution in [2.45, 2.75) is 11.3 Å². The number of hydrogen-bond acceptors (Lipinski definition) is 7. The second-order valence-electron chi connectivity index (χ2n) is 4.57. The van der Waals surface area contributed by atoms with Gasteiger partial charge < -0.3 is 13.9 Å². The Labute approximate surface area is 137 Å². The van der Waals surface area contributed by atoms with Gasteiger partial charge in [-0.3, -0.25) is 10.1 Å². The summed E-state index contributed by atoms with van der Waals surface area (Å²) in [6.45, 7) is 0.910. The van der Waals surface area contributed by atoms with Crippen molar-refractivity contribution in [1.29, 1.82) is 0 Å². The van der Waals surface area contributed by atoms with Gasteiger partial charge in [-0.2, -0.15) is 0 Å². The Morgan fingerprint density at radius 1 is 1.22 bits per heavy atom. The lowest BCUT2D eigenvalue weighted by Gasteiger charge is -2.11. The van der Waals surface area contributed by atoms with Crippen molar-refractivity contribution in [3.8, 4) is 0 Å². The first-order chi connectivity index (χ1) is 11.3. The molecule has 0 saturated heterocycles. The molecule has 23 heavy (non-hydrogen) atoms. The Morgan fingerprint density at radius 2 is 2.09 bits per heavy atom. The third-order valence-electron chi connectivity index (χ3n) is 2.87. The summed E-state index contributed by atoms with van der Waals surface area (Å²) in [5.74, 6) is 1.03. The van der Waals surface area contributed by atoms with E-state index >= 15 is 0 Å². The molecule has 0 fully saturated rings. The fraction of sp³-hybridized carbons (Fsp3) is 0.267. The highest BCUT2D eigenvalue weighted by Gasteiger charge is 2.17. The Morgan fingerprint density at radius 3 is 2.87 bits per heavy atom. The van der Waals surface area contributed by atoms with Gasteiger partial charge >= 0.3 is 6.01 Å². The molecule has 0 aliphatic carbocycles. The minimum Gasteiger partial charge on any atom is -0.494 e. The topological polar surface area (TPSA) is 86.5 Å². The van der Waals surface area contributed by atoms with Crippen LogP contribution in [0.15, 0.2) is 45.9 Å². The maximum absolute atomic E-state index is 11.9. The highest BCUT2D eigenvalue weighted by molar-refractivity contribution is 7.99. The van der Waals surface area contributed by atoms with Crippen molar-refractivity contribution < 1.29 is 18.7 Å². The van der Waals surface area contributed by atoms with Crippen LogP contribution in [0.3, 0.4) is 0 Å². The average Bonchev–Trinajstić information content (AvgIpc) is 3.05. The van der Waals surface area contributed by atoms with Crippen LogP contribution in [0.25, 0.3) is 5.76 Å². The van der Waals surface area contributed by atoms with Crippen LogP contribution in [0.5, 0.6) is 0 Å². The smallest absolute Gasteiger partial charge is 0.322 e. The molecule has 1 N–H and O–H groups in total. The van der Waals surface area contributed by atoms with Crippen LogP contribution >= 0.6 is 11.8 Å². The van der Waals surface area contributed by atoms with E-state index in [9.17, 15) is 4.79 Å². The summed E-state index contributed by atoms with van der Waals surface area (Å²) < 4.78 is 15.8. The van der Waals surface area contributed by atoms with Gasteiger partial charge in [-0.15, -0.1) is 16.9 Å². The van der Waals surface area contributed by atoms with Gasteiger partial charge in [0, 0.05) is 17.1 Å². The summed E-state index contributed by atoms with van der Waals surface area (Å²) >= 11 is 1.61. The maximum atomic E-state index is 11.9. The molecule has 1 aliphatic rings. The zero-order valence-corrected chi connectivity index (χ0v) is 13.0. The van der Waals surface area contributed by atoms with E-state index in [2.05, 4.69) is 15.5 Å². The molecule has 1 amide bonds. The quantitative estimate of drug-likeness (QED) is 0.813. The largest absolute Gasteiger partial charge is 0.494 e. The van der Waals surface area contributed by atoms with Gasteiger partial charge in [0.2, 0.25) is 11.7 Å². The van der Waals surface area contributed by atoms with Gasteiger partial charge in [0.25, 0.3) is 5.89 Å². The van der Waals surface area contributed by atoms with E-state index in [1.54, 1.807) is 11.8 Å². The van der Waals surface area contributed by atoms with Crippen LogP contribution in [0.4, 0.5) is 6.01 Å². The first kappa shape index (κ1) is 15.4. The number of amides is 1. The summed E-state index contributed by atoms with van der Waals surface area (Å²) in [4.78, 5) is 13.0. The van der Waals surface area contributed by atoms with Crippen molar-refractivity contribution in [2.24, 2.45) is 0 Å². The van der Waals surface area contributed by atoms with Gasteiger partial charge in [-0.25, -0.2) is 0 Å². The Balaban J connectivity index is 1.46. The minimum absolute atomic E-state index is 0.0461. The lowest BCUT2D eigenvalue weighted by Crippen LogP contribution is -2.12. The fourth-order valence-electron chi connectivity index (χ4n) is 1.81. The number of aromatic nitrogens is 2. The molecule has 120 valence electrons. The number of nitrogens with one attached hydrogen (secondary N) is 1. The van der Waals surface area contributed by atoms with E-state index in [1.165, 1.54) is 6.26 Å². The van der Waals surface area contributed by atoms with Crippen LogP contribution in [0.2, 0.25) is 0 Å². The first-order valence-electron chi connectivity index (χ1n) is 7.07. The van der Waals surface area contributed by atoms with Crippen molar-refractivity contribution in [3.63, 3.8) is 0 Å². The predicted molar refractivity (Wildman–Crippen MR) is 84.6 cm³/mol. The standard InChI is InChI=1S/C15H15N3O4S/c19-13(6-9-23-11-4-2-1-3-5-11)16-15-18-17-14(22-15)12-10-20-7-8-21-12/h1-5,10H,6-9H2,(H,16,18,19). The van der Waals surface area contributed by atoms with Gasteiger partial charge in [0.15, 0.2) is 0 Å². The van der Waals surface area contributed by atoms with E-state index in [0.717, 1.165) is 4.90 Å². The van der Waals surface area contributed by atoms with Crippen molar-refractivity contribution in [1.82, 2.24) is 10.2 Å². The molecular weight excluding hydrogens is 318 g/mol. The van der Waals surface area contributed by atoms with E-state index in [4.69, 9.17) is 13.9 Å². The molecule has 2 aromatic rings. The van der Waals surface area contributed by atoms with Crippen molar-refractivity contribution >= 4 is 29.4 Å². The van der Waals surface area contributed by atoms with Crippen LogP contribution in [-0.2, 0) is 14.3 Å². The SMILES string of the molecule is O=C(CCSc1ccccc1)Nc1nnc(C2=COCCO2)o1. The van der Waals surface area contributed by atoms with E-state index in [0.29, 0.717) is 31.1 Å². The lowest BCUT2D eigenvalue weighted by molar-refractivity contribution is -0.115. The summed E-state index contributed by atoms with van der Waals surface area (Å²) in [6.07, 6.45) is 1.76. The van der Waals surface area contributed by atoms with Crippen LogP contribution in [0.1, 0.15) is 12.3 Å². The van der Waals surface area contributed by atoms with Gasteiger partial charge in [-0.1, -0.05) is 23.3 Å². The molecule has 0 atom stereocenters. The predicted octanol–water partition coefficient (Wildman–Crippen LogP) is 2.54. The third-order valence-corrected chi connectivity index (χ3v) is 3.89. The number of anilines is 1. The van der Waals surface area contributed by atoms with Crippen LogP contribution in [0, 0.1) is 0 Å². The maximum Gasteiger partial charge on any atom is 0.322 e. The Hall–Kier alpha value is -2.48. The Kier molecular flexibility index (Phi) is 5.15. The summed E-state index contributed by atoms with van der Waals surface area (Å²) in [5, 5.41) is 10.1. The van der Waals surface area contributed by atoms with E-state index < -0.39 is 0 Å². The second-order valence-corrected chi connectivity index (χ2v) is 5.74. The second kappa shape index (κ2) is 7.68. The van der Waals surface area contributed by atoms with E-state index in [1.807, 2.05) is 30.3 Å². The summed E-state index contributed by atoms with van der Waals surface area (Å²) in [6, 6.07) is 9.95. The molecule has 0 spiro atoms. The number of hydrogen-bond donors (Lipinski definition) is 1. The lowest BCUT2D eigenvalue weighted by atomic mass is 10.4. The number of ether oxygens (including phenoxy) is 2. The monoisotopic (exact) mass is 333 g/mol. The molecule has 8 heteroatoms. The first-order valence-corrected chi connectivity index (χ1v) is 8.06. The number of carbonyl (C=O) groups excluding carboxylic acids is 1. The Bertz CT molecular complexity index is 687. The molecule has 1 aromatic heterocycles. The number of thioether (sulfide) groups is 1. The number of nitrogens with zero attached hydrogens (tertiary/aromatic N) is 2. The molecule has 0 unspecified atom stereocenters. The molecule has 7 nitrogen and oxygen atoms in total. The molecule has 1 aromatic carbocycles. The summed E-state index contributed by atoms with van der Waals surface area (Å²) in [5.41, 5.74) is 0. The van der Waals surface area contributed by atoms with E-state index in [-0.39, 0.29) is 17.8 Å². The number of benzene rings is 1. The normalized spacial score (nSPS) is 13.7. The minimum atomic E-state index is -0.182. The molecule has 1 aliphatic heterocycles. The average molecular weight is 333 g/mol. The number of carbonyl (C=O) groups is 1. The van der Waals surface area contributed by atoms with Crippen molar-refractivity contribution in [3.05, 3.63) is 42.5 Å². The highest BCUT2D eigenvalue weighted by Crippen LogP contribution is 2.20. The molecule has 2 heterocycles. The zero-order chi connectivity index (χ0) is 15.9. The zero-order valence-electron chi connectivity index (χ0n) is 12.2. The third kappa shape index (κ3) is 4.49. The molecular formula is C15H15N3O4S. The molecule has 0 saturated carbocycles.